The van der Waals surface area contributed by atoms with E-state index in [2.05, 4.69) is 20.4 Å². The van der Waals surface area contributed by atoms with Gasteiger partial charge in [0, 0.05) is 39.4 Å². The fourth-order valence-corrected chi connectivity index (χ4v) is 2.97. The Labute approximate surface area is 140 Å². The van der Waals surface area contributed by atoms with E-state index in [-0.39, 0.29) is 17.9 Å². The molecule has 126 valence electrons. The molecule has 1 aromatic heterocycles. The Morgan fingerprint density at radius 3 is 2.71 bits per heavy atom. The zero-order valence-corrected chi connectivity index (χ0v) is 13.6. The van der Waals surface area contributed by atoms with Gasteiger partial charge in [0.25, 0.3) is 5.91 Å². The number of carbonyl (C=O) groups excluding carboxylic acids is 2. The van der Waals surface area contributed by atoms with E-state index in [0.717, 1.165) is 5.56 Å². The Bertz CT molecular complexity index is 686. The van der Waals surface area contributed by atoms with Crippen LogP contribution in [-0.4, -0.2) is 64.5 Å². The number of amides is 2. The molecule has 1 aromatic carbocycles. The third-order valence-electron chi connectivity index (χ3n) is 4.29. The summed E-state index contributed by atoms with van der Waals surface area (Å²) in [6.45, 7) is 2.28. The lowest BCUT2D eigenvalue weighted by Crippen LogP contribution is -2.59. The molecule has 0 radical (unpaired) electrons. The Balaban J connectivity index is 1.73. The molecule has 7 heteroatoms. The topological polar surface area (TPSA) is 81.3 Å². The molecule has 1 aliphatic rings. The van der Waals surface area contributed by atoms with Crippen molar-refractivity contribution in [2.24, 2.45) is 0 Å². The lowest BCUT2D eigenvalue weighted by molar-refractivity contribution is -0.128. The number of rotatable bonds is 4. The van der Waals surface area contributed by atoms with E-state index in [1.165, 1.54) is 0 Å². The van der Waals surface area contributed by atoms with Crippen molar-refractivity contribution in [2.75, 3.05) is 26.7 Å². The van der Waals surface area contributed by atoms with E-state index in [4.69, 9.17) is 0 Å². The van der Waals surface area contributed by atoms with Crippen LogP contribution in [0.4, 0.5) is 0 Å². The maximum atomic E-state index is 12.5. The highest BCUT2D eigenvalue weighted by Gasteiger charge is 2.34. The highest BCUT2D eigenvalue weighted by molar-refractivity contribution is 5.93. The summed E-state index contributed by atoms with van der Waals surface area (Å²) in [5.41, 5.74) is 1.60. The maximum Gasteiger partial charge on any atom is 0.271 e. The number of carbonyl (C=O) groups is 2. The minimum atomic E-state index is -0.365. The van der Waals surface area contributed by atoms with Crippen molar-refractivity contribution >= 4 is 11.8 Å². The second kappa shape index (κ2) is 7.27. The molecular formula is C17H21N5O2. The molecule has 3 rings (SSSR count). The molecule has 2 aromatic rings. The Hall–Kier alpha value is -2.67. The van der Waals surface area contributed by atoms with E-state index in [1.54, 1.807) is 24.2 Å². The molecule has 0 spiro atoms. The van der Waals surface area contributed by atoms with Crippen LogP contribution in [0.15, 0.2) is 42.6 Å². The summed E-state index contributed by atoms with van der Waals surface area (Å²) in [6, 6.07) is 11.3. The van der Waals surface area contributed by atoms with Gasteiger partial charge in [0.15, 0.2) is 0 Å². The van der Waals surface area contributed by atoms with Gasteiger partial charge in [-0.25, -0.2) is 0 Å². The number of hydrogen-bond acceptors (Lipinski definition) is 4. The number of H-pyrrole nitrogens is 1. The number of benzene rings is 1. The molecule has 1 atom stereocenters. The van der Waals surface area contributed by atoms with Crippen molar-refractivity contribution in [1.29, 1.82) is 0 Å². The van der Waals surface area contributed by atoms with Crippen molar-refractivity contribution in [3.63, 3.8) is 0 Å². The van der Waals surface area contributed by atoms with E-state index in [9.17, 15) is 9.59 Å². The number of aromatic nitrogens is 2. The van der Waals surface area contributed by atoms with Crippen LogP contribution >= 0.6 is 0 Å². The second-order valence-corrected chi connectivity index (χ2v) is 5.81. The molecule has 0 unspecified atom stereocenters. The minimum absolute atomic E-state index is 0.0759. The van der Waals surface area contributed by atoms with Crippen LogP contribution in [0.25, 0.3) is 0 Å². The molecule has 2 heterocycles. The molecule has 2 N–H and O–H groups in total. The zero-order chi connectivity index (χ0) is 16.9. The average Bonchev–Trinajstić information content (AvgIpc) is 3.16. The van der Waals surface area contributed by atoms with E-state index in [1.807, 2.05) is 30.3 Å². The summed E-state index contributed by atoms with van der Waals surface area (Å²) in [6.07, 6.45) is 1.55. The third-order valence-corrected chi connectivity index (χ3v) is 4.29. The Kier molecular flexibility index (Phi) is 4.90. The first kappa shape index (κ1) is 16.2. The van der Waals surface area contributed by atoms with Gasteiger partial charge in [0.05, 0.1) is 0 Å². The third kappa shape index (κ3) is 3.46. The Morgan fingerprint density at radius 1 is 1.25 bits per heavy atom. The summed E-state index contributed by atoms with van der Waals surface area (Å²) in [5, 5.41) is 9.21. The van der Waals surface area contributed by atoms with Gasteiger partial charge in [-0.3, -0.25) is 19.6 Å². The second-order valence-electron chi connectivity index (χ2n) is 5.81. The van der Waals surface area contributed by atoms with Crippen LogP contribution in [-0.2, 0) is 11.3 Å². The summed E-state index contributed by atoms with van der Waals surface area (Å²) >= 11 is 0. The first-order valence-electron chi connectivity index (χ1n) is 7.97. The molecule has 7 nitrogen and oxygen atoms in total. The van der Waals surface area contributed by atoms with Gasteiger partial charge in [-0.2, -0.15) is 5.10 Å². The van der Waals surface area contributed by atoms with E-state index < -0.39 is 0 Å². The highest BCUT2D eigenvalue weighted by Crippen LogP contribution is 2.16. The van der Waals surface area contributed by atoms with Crippen molar-refractivity contribution in [3.8, 4) is 0 Å². The van der Waals surface area contributed by atoms with E-state index in [0.29, 0.717) is 31.9 Å². The Morgan fingerprint density at radius 2 is 2.04 bits per heavy atom. The normalized spacial score (nSPS) is 18.4. The average molecular weight is 327 g/mol. The predicted octanol–water partition coefficient (Wildman–Crippen LogP) is 0.482. The van der Waals surface area contributed by atoms with Gasteiger partial charge in [0.1, 0.15) is 11.7 Å². The smallest absolute Gasteiger partial charge is 0.271 e. The number of hydrogen-bond donors (Lipinski definition) is 2. The first-order chi connectivity index (χ1) is 11.7. The van der Waals surface area contributed by atoms with Gasteiger partial charge in [-0.05, 0) is 11.6 Å². The highest BCUT2D eigenvalue weighted by atomic mass is 16.2. The molecule has 0 saturated carbocycles. The van der Waals surface area contributed by atoms with Crippen molar-refractivity contribution < 1.29 is 9.59 Å². The number of nitrogens with one attached hydrogen (secondary N) is 2. The number of aromatic amines is 1. The molecule has 2 amide bonds. The van der Waals surface area contributed by atoms with Crippen molar-refractivity contribution in [2.45, 2.75) is 12.6 Å². The SMILES string of the molecule is CNC(=O)[C@H]1CN(C(=O)c2ccn[nH]2)CCN1Cc1ccccc1. The van der Waals surface area contributed by atoms with Crippen LogP contribution in [0.2, 0.25) is 0 Å². The van der Waals surface area contributed by atoms with Crippen LogP contribution in [0.5, 0.6) is 0 Å². The van der Waals surface area contributed by atoms with E-state index >= 15 is 0 Å². The van der Waals surface area contributed by atoms with Gasteiger partial charge < -0.3 is 10.2 Å². The van der Waals surface area contributed by atoms with Gasteiger partial charge in [-0.15, -0.1) is 0 Å². The molecule has 1 aliphatic heterocycles. The standard InChI is InChI=1S/C17H21N5O2/c1-18-16(23)15-12-22(17(24)14-7-8-19-20-14)10-9-21(15)11-13-5-3-2-4-6-13/h2-8,15H,9-12H2,1H3,(H,18,23)(H,19,20)/t15-/m1/s1. The summed E-state index contributed by atoms with van der Waals surface area (Å²) in [5.74, 6) is -0.200. The molecule has 0 bridgehead atoms. The summed E-state index contributed by atoms with van der Waals surface area (Å²) < 4.78 is 0. The molecule has 1 fully saturated rings. The van der Waals surface area contributed by atoms with Crippen molar-refractivity contribution in [1.82, 2.24) is 25.3 Å². The molecule has 0 aliphatic carbocycles. The quantitative estimate of drug-likeness (QED) is 0.856. The fraction of sp³-hybridized carbons (Fsp3) is 0.353. The molecule has 24 heavy (non-hydrogen) atoms. The molecular weight excluding hydrogens is 306 g/mol. The lowest BCUT2D eigenvalue weighted by Gasteiger charge is -2.40. The molecule has 1 saturated heterocycles. The van der Waals surface area contributed by atoms with Gasteiger partial charge >= 0.3 is 0 Å². The van der Waals surface area contributed by atoms with Crippen LogP contribution < -0.4 is 5.32 Å². The maximum absolute atomic E-state index is 12.5. The van der Waals surface area contributed by atoms with Crippen LogP contribution in [0.1, 0.15) is 16.1 Å². The predicted molar refractivity (Wildman–Crippen MR) is 89.2 cm³/mol. The lowest BCUT2D eigenvalue weighted by atomic mass is 10.1. The number of nitrogens with zero attached hydrogens (tertiary/aromatic N) is 3. The van der Waals surface area contributed by atoms with Crippen LogP contribution in [0, 0.1) is 0 Å². The summed E-state index contributed by atoms with van der Waals surface area (Å²) in [7, 11) is 1.62. The minimum Gasteiger partial charge on any atom is -0.358 e. The monoisotopic (exact) mass is 327 g/mol. The summed E-state index contributed by atoms with van der Waals surface area (Å²) in [4.78, 5) is 28.6. The largest absolute Gasteiger partial charge is 0.358 e. The van der Waals surface area contributed by atoms with Crippen molar-refractivity contribution in [3.05, 3.63) is 53.9 Å². The van der Waals surface area contributed by atoms with Gasteiger partial charge in [-0.1, -0.05) is 30.3 Å². The number of likely N-dealkylation sites (N-methyl/N-ethyl adjacent to an activating group) is 1. The zero-order valence-electron chi connectivity index (χ0n) is 13.6. The van der Waals surface area contributed by atoms with Crippen LogP contribution in [0.3, 0.4) is 0 Å². The number of piperazine rings is 1. The fourth-order valence-electron chi connectivity index (χ4n) is 2.97. The first-order valence-corrected chi connectivity index (χ1v) is 7.97. The van der Waals surface area contributed by atoms with Gasteiger partial charge in [0.2, 0.25) is 5.91 Å².